The van der Waals surface area contributed by atoms with Gasteiger partial charge in [-0.25, -0.2) is 0 Å². The predicted molar refractivity (Wildman–Crippen MR) is 66.7 cm³/mol. The van der Waals surface area contributed by atoms with E-state index in [1.165, 1.54) is 5.57 Å². The lowest BCUT2D eigenvalue weighted by Gasteiger charge is -2.42. The molecule has 0 aromatic rings. The SMILES string of the molecule is C=C(C)CCC(NC)C1(OC)CCOCC1. The standard InChI is InChI=1S/C13H25NO2/c1-11(2)5-6-12(14-3)13(15-4)7-9-16-10-8-13/h12,14H,1,5-10H2,2-4H3. The van der Waals surface area contributed by atoms with E-state index >= 15 is 0 Å². The van der Waals surface area contributed by atoms with Gasteiger partial charge in [0, 0.05) is 39.2 Å². The van der Waals surface area contributed by atoms with Crippen molar-refractivity contribution in [1.29, 1.82) is 0 Å². The van der Waals surface area contributed by atoms with Crippen LogP contribution in [0.3, 0.4) is 0 Å². The van der Waals surface area contributed by atoms with Gasteiger partial charge in [-0.2, -0.15) is 0 Å². The van der Waals surface area contributed by atoms with Crippen molar-refractivity contribution in [2.75, 3.05) is 27.4 Å². The fourth-order valence-electron chi connectivity index (χ4n) is 2.47. The highest BCUT2D eigenvalue weighted by molar-refractivity contribution is 4.98. The summed E-state index contributed by atoms with van der Waals surface area (Å²) < 4.78 is 11.2. The second-order valence-electron chi connectivity index (χ2n) is 4.72. The zero-order valence-electron chi connectivity index (χ0n) is 10.8. The van der Waals surface area contributed by atoms with Crippen LogP contribution in [-0.2, 0) is 9.47 Å². The Morgan fingerprint density at radius 2 is 2.12 bits per heavy atom. The van der Waals surface area contributed by atoms with E-state index in [1.807, 2.05) is 14.2 Å². The Morgan fingerprint density at radius 3 is 2.56 bits per heavy atom. The molecule has 0 spiro atoms. The molecule has 0 aromatic carbocycles. The number of ether oxygens (including phenoxy) is 2. The summed E-state index contributed by atoms with van der Waals surface area (Å²) in [5, 5.41) is 3.40. The first-order valence-electron chi connectivity index (χ1n) is 6.09. The first-order valence-corrected chi connectivity index (χ1v) is 6.09. The molecule has 3 heteroatoms. The normalized spacial score (nSPS) is 21.7. The van der Waals surface area contributed by atoms with Crippen LogP contribution in [0.2, 0.25) is 0 Å². The molecule has 1 aliphatic heterocycles. The Hall–Kier alpha value is -0.380. The zero-order valence-corrected chi connectivity index (χ0v) is 10.8. The van der Waals surface area contributed by atoms with Gasteiger partial charge in [-0.05, 0) is 26.8 Å². The number of likely N-dealkylation sites (N-methyl/N-ethyl adjacent to an activating group) is 1. The van der Waals surface area contributed by atoms with Crippen LogP contribution in [0.4, 0.5) is 0 Å². The molecular weight excluding hydrogens is 202 g/mol. The number of hydrogen-bond donors (Lipinski definition) is 1. The van der Waals surface area contributed by atoms with E-state index in [-0.39, 0.29) is 5.60 Å². The second-order valence-corrected chi connectivity index (χ2v) is 4.72. The van der Waals surface area contributed by atoms with Crippen molar-refractivity contribution >= 4 is 0 Å². The first-order chi connectivity index (χ1) is 7.64. The highest BCUT2D eigenvalue weighted by Crippen LogP contribution is 2.30. The Bertz CT molecular complexity index is 222. The van der Waals surface area contributed by atoms with E-state index in [2.05, 4.69) is 18.8 Å². The maximum absolute atomic E-state index is 5.79. The van der Waals surface area contributed by atoms with Crippen LogP contribution < -0.4 is 5.32 Å². The molecule has 0 amide bonds. The van der Waals surface area contributed by atoms with E-state index in [0.717, 1.165) is 38.9 Å². The third-order valence-electron chi connectivity index (χ3n) is 3.59. The molecule has 94 valence electrons. The van der Waals surface area contributed by atoms with Crippen molar-refractivity contribution in [3.05, 3.63) is 12.2 Å². The molecule has 1 unspecified atom stereocenters. The van der Waals surface area contributed by atoms with Gasteiger partial charge in [-0.1, -0.05) is 5.57 Å². The molecule has 0 aromatic heterocycles. The fraction of sp³-hybridized carbons (Fsp3) is 0.846. The summed E-state index contributed by atoms with van der Waals surface area (Å²) in [6.45, 7) is 7.65. The molecule has 1 saturated heterocycles. The average Bonchev–Trinajstić information content (AvgIpc) is 2.30. The molecule has 0 aliphatic carbocycles. The Labute approximate surface area is 99.2 Å². The third kappa shape index (κ3) is 3.30. The molecule has 0 saturated carbocycles. The number of nitrogens with one attached hydrogen (secondary N) is 1. The highest BCUT2D eigenvalue weighted by Gasteiger charge is 2.39. The largest absolute Gasteiger partial charge is 0.381 e. The lowest BCUT2D eigenvalue weighted by molar-refractivity contribution is -0.110. The molecular formula is C13H25NO2. The van der Waals surface area contributed by atoms with Gasteiger partial charge in [0.2, 0.25) is 0 Å². The van der Waals surface area contributed by atoms with Crippen molar-refractivity contribution in [3.63, 3.8) is 0 Å². The highest BCUT2D eigenvalue weighted by atomic mass is 16.5. The molecule has 1 rings (SSSR count). The van der Waals surface area contributed by atoms with E-state index in [9.17, 15) is 0 Å². The number of rotatable bonds is 6. The van der Waals surface area contributed by atoms with Gasteiger partial charge in [-0.3, -0.25) is 0 Å². The van der Waals surface area contributed by atoms with Crippen molar-refractivity contribution in [2.24, 2.45) is 0 Å². The molecule has 1 fully saturated rings. The summed E-state index contributed by atoms with van der Waals surface area (Å²) >= 11 is 0. The Morgan fingerprint density at radius 1 is 1.50 bits per heavy atom. The minimum Gasteiger partial charge on any atom is -0.381 e. The van der Waals surface area contributed by atoms with Crippen LogP contribution in [0.15, 0.2) is 12.2 Å². The smallest absolute Gasteiger partial charge is 0.0874 e. The maximum atomic E-state index is 5.79. The lowest BCUT2D eigenvalue weighted by atomic mass is 9.83. The number of hydrogen-bond acceptors (Lipinski definition) is 3. The minimum absolute atomic E-state index is 0.0531. The van der Waals surface area contributed by atoms with Crippen LogP contribution in [0, 0.1) is 0 Å². The maximum Gasteiger partial charge on any atom is 0.0874 e. The Balaban J connectivity index is 2.62. The van der Waals surface area contributed by atoms with Crippen molar-refractivity contribution in [3.8, 4) is 0 Å². The monoisotopic (exact) mass is 227 g/mol. The van der Waals surface area contributed by atoms with Gasteiger partial charge in [0.05, 0.1) is 5.60 Å². The predicted octanol–water partition coefficient (Wildman–Crippen LogP) is 2.13. The fourth-order valence-corrected chi connectivity index (χ4v) is 2.47. The molecule has 1 N–H and O–H groups in total. The van der Waals surface area contributed by atoms with Gasteiger partial charge < -0.3 is 14.8 Å². The quantitative estimate of drug-likeness (QED) is 0.705. The van der Waals surface area contributed by atoms with Crippen LogP contribution in [0.25, 0.3) is 0 Å². The number of methoxy groups -OCH3 is 1. The molecule has 0 radical (unpaired) electrons. The zero-order chi connectivity index (χ0) is 12.0. The van der Waals surface area contributed by atoms with E-state index < -0.39 is 0 Å². The lowest BCUT2D eigenvalue weighted by Crippen LogP contribution is -2.54. The summed E-state index contributed by atoms with van der Waals surface area (Å²) in [5.74, 6) is 0. The molecule has 1 atom stereocenters. The van der Waals surface area contributed by atoms with E-state index in [4.69, 9.17) is 9.47 Å². The van der Waals surface area contributed by atoms with Crippen molar-refractivity contribution in [2.45, 2.75) is 44.2 Å². The van der Waals surface area contributed by atoms with Crippen LogP contribution in [0.5, 0.6) is 0 Å². The summed E-state index contributed by atoms with van der Waals surface area (Å²) in [7, 11) is 3.83. The van der Waals surface area contributed by atoms with Crippen LogP contribution in [0.1, 0.15) is 32.6 Å². The van der Waals surface area contributed by atoms with Gasteiger partial charge in [0.25, 0.3) is 0 Å². The summed E-state index contributed by atoms with van der Waals surface area (Å²) in [4.78, 5) is 0. The molecule has 16 heavy (non-hydrogen) atoms. The number of allylic oxidation sites excluding steroid dienone is 1. The summed E-state index contributed by atoms with van der Waals surface area (Å²) in [5.41, 5.74) is 1.18. The summed E-state index contributed by atoms with van der Waals surface area (Å²) in [6.07, 6.45) is 4.09. The van der Waals surface area contributed by atoms with Gasteiger partial charge in [-0.15, -0.1) is 6.58 Å². The molecule has 0 bridgehead atoms. The van der Waals surface area contributed by atoms with Crippen molar-refractivity contribution < 1.29 is 9.47 Å². The second kappa shape index (κ2) is 6.38. The van der Waals surface area contributed by atoms with E-state index in [0.29, 0.717) is 6.04 Å². The minimum atomic E-state index is -0.0531. The van der Waals surface area contributed by atoms with Crippen LogP contribution in [-0.4, -0.2) is 39.0 Å². The molecule has 1 aliphatic rings. The third-order valence-corrected chi connectivity index (χ3v) is 3.59. The van der Waals surface area contributed by atoms with Gasteiger partial charge in [0.1, 0.15) is 0 Å². The first kappa shape index (κ1) is 13.7. The topological polar surface area (TPSA) is 30.5 Å². The molecule has 3 nitrogen and oxygen atoms in total. The van der Waals surface area contributed by atoms with Gasteiger partial charge >= 0.3 is 0 Å². The van der Waals surface area contributed by atoms with Crippen LogP contribution >= 0.6 is 0 Å². The molecule has 1 heterocycles. The average molecular weight is 227 g/mol. The summed E-state index contributed by atoms with van der Waals surface area (Å²) in [6, 6.07) is 0.387. The van der Waals surface area contributed by atoms with E-state index in [1.54, 1.807) is 0 Å². The van der Waals surface area contributed by atoms with Gasteiger partial charge in [0.15, 0.2) is 0 Å². The van der Waals surface area contributed by atoms with Crippen molar-refractivity contribution in [1.82, 2.24) is 5.32 Å². The Kier molecular flexibility index (Phi) is 5.46.